The Morgan fingerprint density at radius 3 is 1.92 bits per heavy atom. The fourth-order valence-corrected chi connectivity index (χ4v) is 4.85. The fourth-order valence-electron chi connectivity index (χ4n) is 4.85. The summed E-state index contributed by atoms with van der Waals surface area (Å²) in [5, 5.41) is 5.71. The normalized spacial score (nSPS) is 14.7. The Balaban J connectivity index is 1.38. The summed E-state index contributed by atoms with van der Waals surface area (Å²) in [6.07, 6.45) is 1.38. The number of carbonyl (C=O) groups is 2. The zero-order valence-electron chi connectivity index (χ0n) is 21.6. The molecule has 194 valence electrons. The summed E-state index contributed by atoms with van der Waals surface area (Å²) < 4.78 is 5.16. The molecule has 7 nitrogen and oxygen atoms in total. The SMILES string of the molecule is CCCC(NC(=O)Nc1ccc(OC)cc1)C(=O)N1CCN(C(c2ccccc2)c2ccccc2)CC1. The van der Waals surface area contributed by atoms with Crippen LogP contribution in [0.25, 0.3) is 0 Å². The lowest BCUT2D eigenvalue weighted by Gasteiger charge is -2.40. The van der Waals surface area contributed by atoms with Gasteiger partial charge in [-0.3, -0.25) is 9.69 Å². The number of hydrogen-bond acceptors (Lipinski definition) is 4. The Bertz CT molecular complexity index is 1090. The van der Waals surface area contributed by atoms with Gasteiger partial charge in [0.1, 0.15) is 11.8 Å². The zero-order valence-corrected chi connectivity index (χ0v) is 21.6. The lowest BCUT2D eigenvalue weighted by atomic mass is 9.96. The molecule has 1 atom stereocenters. The predicted molar refractivity (Wildman–Crippen MR) is 147 cm³/mol. The predicted octanol–water partition coefficient (Wildman–Crippen LogP) is 4.92. The van der Waals surface area contributed by atoms with E-state index in [1.165, 1.54) is 11.1 Å². The Hall–Kier alpha value is -3.84. The molecule has 0 aromatic heterocycles. The van der Waals surface area contributed by atoms with Crippen molar-refractivity contribution < 1.29 is 14.3 Å². The van der Waals surface area contributed by atoms with Crippen molar-refractivity contribution in [1.82, 2.24) is 15.1 Å². The smallest absolute Gasteiger partial charge is 0.319 e. The van der Waals surface area contributed by atoms with Gasteiger partial charge in [-0.25, -0.2) is 4.79 Å². The van der Waals surface area contributed by atoms with Crippen LogP contribution < -0.4 is 15.4 Å². The molecule has 7 heteroatoms. The van der Waals surface area contributed by atoms with Crippen LogP contribution in [0.2, 0.25) is 0 Å². The van der Waals surface area contributed by atoms with Crippen molar-refractivity contribution in [2.24, 2.45) is 0 Å². The van der Waals surface area contributed by atoms with Gasteiger partial charge in [0.05, 0.1) is 13.2 Å². The van der Waals surface area contributed by atoms with Crippen molar-refractivity contribution in [3.05, 3.63) is 96.1 Å². The van der Waals surface area contributed by atoms with E-state index >= 15 is 0 Å². The van der Waals surface area contributed by atoms with Crippen LogP contribution in [0.1, 0.15) is 36.9 Å². The second-order valence-corrected chi connectivity index (χ2v) is 9.25. The minimum atomic E-state index is -0.561. The summed E-state index contributed by atoms with van der Waals surface area (Å²) in [6, 6.07) is 27.3. The monoisotopic (exact) mass is 500 g/mol. The molecule has 3 aromatic carbocycles. The molecule has 1 heterocycles. The maximum Gasteiger partial charge on any atom is 0.319 e. The average Bonchev–Trinajstić information content (AvgIpc) is 2.94. The molecule has 3 amide bonds. The standard InChI is InChI=1S/C30H36N4O3/c1-3-10-27(32-30(36)31-25-15-17-26(37-2)18-16-25)29(35)34-21-19-33(20-22-34)28(23-11-6-4-7-12-23)24-13-8-5-9-14-24/h4-9,11-18,27-28H,3,10,19-22H2,1-2H3,(H2,31,32,36). The highest BCUT2D eigenvalue weighted by Gasteiger charge is 2.31. The third-order valence-electron chi connectivity index (χ3n) is 6.75. The number of carbonyl (C=O) groups excluding carboxylic acids is 2. The van der Waals surface area contributed by atoms with Crippen LogP contribution >= 0.6 is 0 Å². The quantitative estimate of drug-likeness (QED) is 0.437. The first-order valence-corrected chi connectivity index (χ1v) is 12.9. The molecule has 1 fully saturated rings. The van der Waals surface area contributed by atoms with Gasteiger partial charge in [-0.05, 0) is 41.8 Å². The van der Waals surface area contributed by atoms with Crippen molar-refractivity contribution in [1.29, 1.82) is 0 Å². The lowest BCUT2D eigenvalue weighted by Crippen LogP contribution is -2.55. The maximum absolute atomic E-state index is 13.4. The Morgan fingerprint density at radius 1 is 0.838 bits per heavy atom. The topological polar surface area (TPSA) is 73.9 Å². The highest BCUT2D eigenvalue weighted by Crippen LogP contribution is 2.29. The Morgan fingerprint density at radius 2 is 1.41 bits per heavy atom. The lowest BCUT2D eigenvalue weighted by molar-refractivity contribution is -0.135. The zero-order chi connectivity index (χ0) is 26.0. The van der Waals surface area contributed by atoms with Crippen LogP contribution in [0.3, 0.4) is 0 Å². The molecule has 37 heavy (non-hydrogen) atoms. The molecule has 3 aromatic rings. The number of nitrogens with one attached hydrogen (secondary N) is 2. The molecule has 0 radical (unpaired) electrons. The second kappa shape index (κ2) is 12.9. The van der Waals surface area contributed by atoms with Gasteiger partial charge >= 0.3 is 6.03 Å². The van der Waals surface area contributed by atoms with E-state index in [0.29, 0.717) is 30.9 Å². The van der Waals surface area contributed by atoms with E-state index in [-0.39, 0.29) is 18.0 Å². The molecule has 0 bridgehead atoms. The van der Waals surface area contributed by atoms with Crippen LogP contribution in [-0.4, -0.2) is 61.1 Å². The number of rotatable bonds is 9. The first kappa shape index (κ1) is 26.2. The van der Waals surface area contributed by atoms with E-state index in [2.05, 4.69) is 64.1 Å². The molecular formula is C30H36N4O3. The maximum atomic E-state index is 13.4. The van der Waals surface area contributed by atoms with Crippen LogP contribution in [0, 0.1) is 0 Å². The fraction of sp³-hybridized carbons (Fsp3) is 0.333. The second-order valence-electron chi connectivity index (χ2n) is 9.25. The number of hydrogen-bond donors (Lipinski definition) is 2. The van der Waals surface area contributed by atoms with Crippen molar-refractivity contribution in [3.63, 3.8) is 0 Å². The molecule has 1 aliphatic heterocycles. The number of methoxy groups -OCH3 is 1. The first-order chi connectivity index (χ1) is 18.1. The first-order valence-electron chi connectivity index (χ1n) is 12.9. The summed E-state index contributed by atoms with van der Waals surface area (Å²) in [5.41, 5.74) is 3.13. The van der Waals surface area contributed by atoms with Crippen LogP contribution in [-0.2, 0) is 4.79 Å². The van der Waals surface area contributed by atoms with Gasteiger partial charge in [-0.2, -0.15) is 0 Å². The summed E-state index contributed by atoms with van der Waals surface area (Å²) in [4.78, 5) is 30.4. The van der Waals surface area contributed by atoms with Crippen molar-refractivity contribution in [2.75, 3.05) is 38.6 Å². The van der Waals surface area contributed by atoms with Crippen molar-refractivity contribution >= 4 is 17.6 Å². The Kier molecular flexibility index (Phi) is 9.16. The van der Waals surface area contributed by atoms with Gasteiger partial charge in [0.25, 0.3) is 0 Å². The molecule has 1 aliphatic rings. The van der Waals surface area contributed by atoms with Gasteiger partial charge in [0.15, 0.2) is 0 Å². The van der Waals surface area contributed by atoms with E-state index < -0.39 is 6.04 Å². The number of nitrogens with zero attached hydrogens (tertiary/aromatic N) is 2. The van der Waals surface area contributed by atoms with E-state index in [1.807, 2.05) is 24.0 Å². The van der Waals surface area contributed by atoms with Crippen LogP contribution in [0.5, 0.6) is 5.75 Å². The summed E-state index contributed by atoms with van der Waals surface area (Å²) in [7, 11) is 1.60. The highest BCUT2D eigenvalue weighted by atomic mass is 16.5. The third kappa shape index (κ3) is 6.89. The molecule has 0 aliphatic carbocycles. The molecular weight excluding hydrogens is 464 g/mol. The van der Waals surface area contributed by atoms with Crippen LogP contribution in [0.15, 0.2) is 84.9 Å². The van der Waals surface area contributed by atoms with E-state index in [4.69, 9.17) is 4.74 Å². The molecule has 0 saturated carbocycles. The minimum Gasteiger partial charge on any atom is -0.497 e. The van der Waals surface area contributed by atoms with Crippen molar-refractivity contribution in [3.8, 4) is 5.75 Å². The van der Waals surface area contributed by atoms with Gasteiger partial charge in [0, 0.05) is 31.9 Å². The third-order valence-corrected chi connectivity index (χ3v) is 6.75. The average molecular weight is 501 g/mol. The Labute approximate surface area is 219 Å². The number of amides is 3. The summed E-state index contributed by atoms with van der Waals surface area (Å²) in [5.74, 6) is 0.688. The number of piperazine rings is 1. The molecule has 0 spiro atoms. The number of benzene rings is 3. The van der Waals surface area contributed by atoms with E-state index in [9.17, 15) is 9.59 Å². The molecule has 4 rings (SSSR count). The largest absolute Gasteiger partial charge is 0.497 e. The number of anilines is 1. The molecule has 1 unspecified atom stereocenters. The summed E-state index contributed by atoms with van der Waals surface area (Å²) >= 11 is 0. The molecule has 1 saturated heterocycles. The number of ether oxygens (including phenoxy) is 1. The van der Waals surface area contributed by atoms with Gasteiger partial charge < -0.3 is 20.3 Å². The van der Waals surface area contributed by atoms with E-state index in [1.54, 1.807) is 31.4 Å². The van der Waals surface area contributed by atoms with Gasteiger partial charge in [-0.15, -0.1) is 0 Å². The summed E-state index contributed by atoms with van der Waals surface area (Å²) in [6.45, 7) is 4.79. The van der Waals surface area contributed by atoms with E-state index in [0.717, 1.165) is 19.5 Å². The minimum absolute atomic E-state index is 0.0256. The van der Waals surface area contributed by atoms with Crippen LogP contribution in [0.4, 0.5) is 10.5 Å². The van der Waals surface area contributed by atoms with Gasteiger partial charge in [0.2, 0.25) is 5.91 Å². The number of urea groups is 1. The molecule has 2 N–H and O–H groups in total. The van der Waals surface area contributed by atoms with Gasteiger partial charge in [-0.1, -0.05) is 74.0 Å². The highest BCUT2D eigenvalue weighted by molar-refractivity contribution is 5.93. The van der Waals surface area contributed by atoms with Crippen molar-refractivity contribution in [2.45, 2.75) is 31.8 Å².